The average molecular weight is 241 g/mol. The first kappa shape index (κ1) is 12.5. The summed E-state index contributed by atoms with van der Waals surface area (Å²) in [6, 6.07) is 5.77. The Hall–Kier alpha value is -1.55. The topological polar surface area (TPSA) is 72.2 Å². The molecule has 16 heavy (non-hydrogen) atoms. The van der Waals surface area contributed by atoms with Crippen molar-refractivity contribution in [1.82, 2.24) is 5.32 Å². The quantitative estimate of drug-likeness (QED) is 0.834. The van der Waals surface area contributed by atoms with Crippen LogP contribution in [0.15, 0.2) is 24.3 Å². The van der Waals surface area contributed by atoms with E-state index in [1.165, 1.54) is 0 Å². The Morgan fingerprint density at radius 1 is 1.38 bits per heavy atom. The Balaban J connectivity index is 2.71. The highest BCUT2D eigenvalue weighted by molar-refractivity contribution is 6.30. The van der Waals surface area contributed by atoms with Crippen LogP contribution in [0.5, 0.6) is 0 Å². The zero-order chi connectivity index (χ0) is 12.1. The van der Waals surface area contributed by atoms with E-state index in [0.29, 0.717) is 17.0 Å². The van der Waals surface area contributed by atoms with Crippen LogP contribution in [0, 0.1) is 0 Å². The van der Waals surface area contributed by atoms with Gasteiger partial charge in [0.2, 0.25) is 5.91 Å². The van der Waals surface area contributed by atoms with E-state index in [9.17, 15) is 9.59 Å². The molecule has 1 rings (SSSR count). The van der Waals surface area contributed by atoms with Crippen LogP contribution in [0.3, 0.4) is 0 Å². The Morgan fingerprint density at radius 3 is 2.38 bits per heavy atom. The number of primary amides is 1. The Kier molecular flexibility index (Phi) is 4.31. The highest BCUT2D eigenvalue weighted by Crippen LogP contribution is 2.09. The molecule has 0 bridgehead atoms. The van der Waals surface area contributed by atoms with Crippen LogP contribution in [-0.4, -0.2) is 17.9 Å². The normalized spacial score (nSPS) is 11.9. The van der Waals surface area contributed by atoms with Gasteiger partial charge in [-0.2, -0.15) is 0 Å². The number of carbonyl (C=O) groups excluding carboxylic acids is 2. The van der Waals surface area contributed by atoms with Gasteiger partial charge in [-0.3, -0.25) is 9.59 Å². The van der Waals surface area contributed by atoms with Crippen molar-refractivity contribution >= 4 is 23.4 Å². The smallest absolute Gasteiger partial charge is 0.251 e. The third kappa shape index (κ3) is 3.24. The van der Waals surface area contributed by atoms with Crippen LogP contribution < -0.4 is 11.1 Å². The van der Waals surface area contributed by atoms with E-state index in [2.05, 4.69) is 5.32 Å². The lowest BCUT2D eigenvalue weighted by Crippen LogP contribution is -2.43. The molecule has 1 atom stereocenters. The van der Waals surface area contributed by atoms with Gasteiger partial charge in [0, 0.05) is 10.6 Å². The zero-order valence-corrected chi connectivity index (χ0v) is 9.62. The fourth-order valence-electron chi connectivity index (χ4n) is 1.22. The molecule has 0 fully saturated rings. The minimum Gasteiger partial charge on any atom is -0.368 e. The van der Waals surface area contributed by atoms with E-state index in [1.54, 1.807) is 31.2 Å². The van der Waals surface area contributed by atoms with Gasteiger partial charge in [0.05, 0.1) is 0 Å². The molecule has 0 spiro atoms. The fraction of sp³-hybridized carbons (Fsp3) is 0.273. The molecular weight excluding hydrogens is 228 g/mol. The second kappa shape index (κ2) is 5.51. The molecule has 1 aromatic rings. The lowest BCUT2D eigenvalue weighted by Gasteiger charge is -2.12. The molecule has 3 N–H and O–H groups in total. The molecule has 0 aromatic heterocycles. The summed E-state index contributed by atoms with van der Waals surface area (Å²) in [5, 5.41) is 3.10. The predicted octanol–water partition coefficient (Wildman–Crippen LogP) is 1.33. The highest BCUT2D eigenvalue weighted by Gasteiger charge is 2.16. The summed E-state index contributed by atoms with van der Waals surface area (Å²) >= 11 is 5.69. The van der Waals surface area contributed by atoms with Crippen molar-refractivity contribution in [2.24, 2.45) is 5.73 Å². The van der Waals surface area contributed by atoms with Gasteiger partial charge < -0.3 is 11.1 Å². The van der Waals surface area contributed by atoms with Crippen molar-refractivity contribution < 1.29 is 9.59 Å². The van der Waals surface area contributed by atoms with Gasteiger partial charge in [0.25, 0.3) is 5.91 Å². The van der Waals surface area contributed by atoms with E-state index in [1.807, 2.05) is 0 Å². The standard InChI is InChI=1S/C11H13ClN2O2/c1-2-9(10(13)15)14-11(16)7-3-5-8(12)6-4-7/h3-6,9H,2H2,1H3,(H2,13,15)(H,14,16)/t9-/m0/s1. The number of nitrogens with one attached hydrogen (secondary N) is 1. The minimum absolute atomic E-state index is 0.331. The second-order valence-corrected chi connectivity index (χ2v) is 3.78. The van der Waals surface area contributed by atoms with E-state index >= 15 is 0 Å². The number of hydrogen-bond donors (Lipinski definition) is 2. The molecule has 5 heteroatoms. The van der Waals surface area contributed by atoms with Gasteiger partial charge in [0.15, 0.2) is 0 Å². The molecule has 0 saturated heterocycles. The Morgan fingerprint density at radius 2 is 1.94 bits per heavy atom. The molecule has 2 amide bonds. The molecule has 0 saturated carbocycles. The number of benzene rings is 1. The summed E-state index contributed by atoms with van der Waals surface area (Å²) in [6.45, 7) is 1.78. The third-order valence-corrected chi connectivity index (χ3v) is 2.42. The summed E-state index contributed by atoms with van der Waals surface area (Å²) in [5.74, 6) is -0.868. The molecule has 0 aliphatic heterocycles. The number of carbonyl (C=O) groups is 2. The molecule has 0 aliphatic carbocycles. The predicted molar refractivity (Wildman–Crippen MR) is 62.2 cm³/mol. The second-order valence-electron chi connectivity index (χ2n) is 3.34. The Labute approximate surface area is 98.8 Å². The number of amides is 2. The molecule has 0 unspecified atom stereocenters. The van der Waals surface area contributed by atoms with Crippen LogP contribution in [0.4, 0.5) is 0 Å². The maximum absolute atomic E-state index is 11.7. The number of halogens is 1. The van der Waals surface area contributed by atoms with Gasteiger partial charge in [0.1, 0.15) is 6.04 Å². The van der Waals surface area contributed by atoms with Crippen molar-refractivity contribution in [2.45, 2.75) is 19.4 Å². The summed E-state index contributed by atoms with van der Waals surface area (Å²) in [7, 11) is 0. The molecule has 1 aromatic carbocycles. The highest BCUT2D eigenvalue weighted by atomic mass is 35.5. The van der Waals surface area contributed by atoms with Crippen LogP contribution in [-0.2, 0) is 4.79 Å². The van der Waals surface area contributed by atoms with Gasteiger partial charge in [-0.1, -0.05) is 18.5 Å². The molecular formula is C11H13ClN2O2. The lowest BCUT2D eigenvalue weighted by molar-refractivity contribution is -0.119. The van der Waals surface area contributed by atoms with Gasteiger partial charge in [-0.25, -0.2) is 0 Å². The SMILES string of the molecule is CC[C@H](NC(=O)c1ccc(Cl)cc1)C(N)=O. The van der Waals surface area contributed by atoms with Crippen LogP contribution in [0.2, 0.25) is 5.02 Å². The Bertz CT molecular complexity index is 389. The molecule has 86 valence electrons. The lowest BCUT2D eigenvalue weighted by atomic mass is 10.1. The maximum Gasteiger partial charge on any atom is 0.251 e. The summed E-state index contributed by atoms with van der Waals surface area (Å²) < 4.78 is 0. The van der Waals surface area contributed by atoms with E-state index < -0.39 is 11.9 Å². The van der Waals surface area contributed by atoms with Crippen LogP contribution in [0.25, 0.3) is 0 Å². The number of nitrogens with two attached hydrogens (primary N) is 1. The van der Waals surface area contributed by atoms with E-state index in [-0.39, 0.29) is 5.91 Å². The largest absolute Gasteiger partial charge is 0.368 e. The first-order valence-electron chi connectivity index (χ1n) is 4.90. The summed E-state index contributed by atoms with van der Waals surface area (Å²) in [6.07, 6.45) is 0.467. The maximum atomic E-state index is 11.7. The van der Waals surface area contributed by atoms with Gasteiger partial charge in [-0.15, -0.1) is 0 Å². The number of rotatable bonds is 4. The minimum atomic E-state index is -0.636. The molecule has 0 radical (unpaired) electrons. The third-order valence-electron chi connectivity index (χ3n) is 2.16. The summed E-state index contributed by atoms with van der Waals surface area (Å²) in [5.41, 5.74) is 5.57. The summed E-state index contributed by atoms with van der Waals surface area (Å²) in [4.78, 5) is 22.6. The van der Waals surface area contributed by atoms with E-state index in [0.717, 1.165) is 0 Å². The van der Waals surface area contributed by atoms with Crippen molar-refractivity contribution in [3.8, 4) is 0 Å². The fourth-order valence-corrected chi connectivity index (χ4v) is 1.34. The number of hydrogen-bond acceptors (Lipinski definition) is 2. The first-order valence-corrected chi connectivity index (χ1v) is 5.28. The van der Waals surface area contributed by atoms with Gasteiger partial charge in [-0.05, 0) is 30.7 Å². The van der Waals surface area contributed by atoms with Crippen LogP contribution >= 0.6 is 11.6 Å². The van der Waals surface area contributed by atoms with E-state index in [4.69, 9.17) is 17.3 Å². The van der Waals surface area contributed by atoms with Crippen molar-refractivity contribution in [3.05, 3.63) is 34.9 Å². The average Bonchev–Trinajstić information content (AvgIpc) is 2.26. The van der Waals surface area contributed by atoms with Crippen molar-refractivity contribution in [2.75, 3.05) is 0 Å². The van der Waals surface area contributed by atoms with Crippen LogP contribution in [0.1, 0.15) is 23.7 Å². The zero-order valence-electron chi connectivity index (χ0n) is 8.87. The molecule has 0 aliphatic rings. The van der Waals surface area contributed by atoms with Gasteiger partial charge >= 0.3 is 0 Å². The molecule has 4 nitrogen and oxygen atoms in total. The van der Waals surface area contributed by atoms with Crippen molar-refractivity contribution in [1.29, 1.82) is 0 Å². The monoisotopic (exact) mass is 240 g/mol. The van der Waals surface area contributed by atoms with Crippen molar-refractivity contribution in [3.63, 3.8) is 0 Å². The molecule has 0 heterocycles. The first-order chi connectivity index (χ1) is 7.54.